The highest BCUT2D eigenvalue weighted by atomic mass is 32.2. The van der Waals surface area contributed by atoms with Crippen molar-refractivity contribution in [1.29, 1.82) is 0 Å². The van der Waals surface area contributed by atoms with Gasteiger partial charge in [0.05, 0.1) is 12.2 Å². The summed E-state index contributed by atoms with van der Waals surface area (Å²) in [5, 5.41) is 10.0. The minimum atomic E-state index is -0.387. The van der Waals surface area contributed by atoms with Gasteiger partial charge in [0.2, 0.25) is 0 Å². The number of aliphatic hydroxyl groups is 1. The lowest BCUT2D eigenvalue weighted by Crippen LogP contribution is -2.06. The van der Waals surface area contributed by atoms with E-state index in [2.05, 4.69) is 13.8 Å². The summed E-state index contributed by atoms with van der Waals surface area (Å²) < 4.78 is 5.57. The van der Waals surface area contributed by atoms with E-state index in [1.807, 2.05) is 38.1 Å². The zero-order valence-corrected chi connectivity index (χ0v) is 12.5. The SMILES string of the molecule is CC(C)CSCC(O)c1ccc(OC(C)C)cc1. The van der Waals surface area contributed by atoms with Gasteiger partial charge in [-0.05, 0) is 43.2 Å². The molecule has 0 saturated carbocycles. The third-order valence-electron chi connectivity index (χ3n) is 2.36. The van der Waals surface area contributed by atoms with Crippen LogP contribution in [-0.4, -0.2) is 22.7 Å². The van der Waals surface area contributed by atoms with Gasteiger partial charge >= 0.3 is 0 Å². The summed E-state index contributed by atoms with van der Waals surface area (Å²) in [6, 6.07) is 7.73. The molecule has 0 saturated heterocycles. The summed E-state index contributed by atoms with van der Waals surface area (Å²) in [5.41, 5.74) is 0.961. The number of benzene rings is 1. The van der Waals surface area contributed by atoms with Gasteiger partial charge in [0.15, 0.2) is 0 Å². The van der Waals surface area contributed by atoms with Crippen LogP contribution in [0.1, 0.15) is 39.4 Å². The number of thioether (sulfide) groups is 1. The molecule has 0 aromatic heterocycles. The highest BCUT2D eigenvalue weighted by molar-refractivity contribution is 7.99. The molecule has 0 aliphatic carbocycles. The molecule has 1 aromatic rings. The van der Waals surface area contributed by atoms with Crippen LogP contribution in [0.15, 0.2) is 24.3 Å². The summed E-state index contributed by atoms with van der Waals surface area (Å²) in [6.07, 6.45) is -0.204. The van der Waals surface area contributed by atoms with Crippen LogP contribution in [0.2, 0.25) is 0 Å². The van der Waals surface area contributed by atoms with Crippen molar-refractivity contribution in [3.05, 3.63) is 29.8 Å². The molecule has 0 bridgehead atoms. The standard InChI is InChI=1S/C15H24O2S/c1-11(2)9-18-10-15(16)13-5-7-14(8-6-13)17-12(3)4/h5-8,11-12,15-16H,9-10H2,1-4H3. The maximum absolute atomic E-state index is 10.0. The fraction of sp³-hybridized carbons (Fsp3) is 0.600. The molecule has 1 aromatic carbocycles. The van der Waals surface area contributed by atoms with E-state index in [4.69, 9.17) is 4.74 Å². The van der Waals surface area contributed by atoms with Crippen LogP contribution in [0, 0.1) is 5.92 Å². The van der Waals surface area contributed by atoms with Crippen LogP contribution < -0.4 is 4.74 Å². The lowest BCUT2D eigenvalue weighted by Gasteiger charge is -2.13. The molecule has 0 heterocycles. The van der Waals surface area contributed by atoms with Crippen molar-refractivity contribution in [3.8, 4) is 5.75 Å². The Bertz CT molecular complexity index is 333. The normalized spacial score (nSPS) is 13.1. The Hall–Kier alpha value is -0.670. The maximum Gasteiger partial charge on any atom is 0.119 e. The second-order valence-electron chi connectivity index (χ2n) is 5.18. The lowest BCUT2D eigenvalue weighted by atomic mass is 10.1. The summed E-state index contributed by atoms with van der Waals surface area (Å²) in [4.78, 5) is 0. The van der Waals surface area contributed by atoms with Gasteiger partial charge in [-0.25, -0.2) is 0 Å². The fourth-order valence-electron chi connectivity index (χ4n) is 1.55. The number of aliphatic hydroxyl groups excluding tert-OH is 1. The van der Waals surface area contributed by atoms with Gasteiger partial charge < -0.3 is 9.84 Å². The van der Waals surface area contributed by atoms with E-state index < -0.39 is 0 Å². The second kappa shape index (κ2) is 7.70. The Morgan fingerprint density at radius 3 is 2.17 bits per heavy atom. The molecule has 2 nitrogen and oxygen atoms in total. The molecule has 1 N–H and O–H groups in total. The lowest BCUT2D eigenvalue weighted by molar-refractivity contribution is 0.203. The maximum atomic E-state index is 10.0. The first-order chi connectivity index (χ1) is 8.49. The van der Waals surface area contributed by atoms with Gasteiger partial charge in [0, 0.05) is 5.75 Å². The van der Waals surface area contributed by atoms with E-state index >= 15 is 0 Å². The molecule has 18 heavy (non-hydrogen) atoms. The molecule has 0 radical (unpaired) electrons. The molecular formula is C15H24O2S. The van der Waals surface area contributed by atoms with Crippen molar-refractivity contribution in [2.75, 3.05) is 11.5 Å². The van der Waals surface area contributed by atoms with Crippen LogP contribution in [0.25, 0.3) is 0 Å². The zero-order chi connectivity index (χ0) is 13.5. The third-order valence-corrected chi connectivity index (χ3v) is 3.82. The van der Waals surface area contributed by atoms with E-state index in [0.717, 1.165) is 22.8 Å². The summed E-state index contributed by atoms with van der Waals surface area (Å²) in [6.45, 7) is 8.39. The third kappa shape index (κ3) is 5.78. The molecule has 0 aliphatic heterocycles. The average Bonchev–Trinajstić information content (AvgIpc) is 2.28. The second-order valence-corrected chi connectivity index (χ2v) is 6.26. The number of hydrogen-bond donors (Lipinski definition) is 1. The highest BCUT2D eigenvalue weighted by Gasteiger charge is 2.08. The van der Waals surface area contributed by atoms with Crippen LogP contribution in [0.3, 0.4) is 0 Å². The Morgan fingerprint density at radius 1 is 1.06 bits per heavy atom. The minimum absolute atomic E-state index is 0.183. The Labute approximate surface area is 115 Å². The molecule has 3 heteroatoms. The van der Waals surface area contributed by atoms with Crippen molar-refractivity contribution < 1.29 is 9.84 Å². The molecule has 0 fully saturated rings. The Morgan fingerprint density at radius 2 is 1.67 bits per heavy atom. The molecule has 0 spiro atoms. The Kier molecular flexibility index (Phi) is 6.58. The van der Waals surface area contributed by atoms with Gasteiger partial charge in [0.25, 0.3) is 0 Å². The Balaban J connectivity index is 2.46. The van der Waals surface area contributed by atoms with Crippen LogP contribution in [-0.2, 0) is 0 Å². The average molecular weight is 268 g/mol. The number of rotatable bonds is 7. The van der Waals surface area contributed by atoms with Gasteiger partial charge in [-0.3, -0.25) is 0 Å². The first kappa shape index (κ1) is 15.4. The first-order valence-electron chi connectivity index (χ1n) is 6.51. The summed E-state index contributed by atoms with van der Waals surface area (Å²) in [7, 11) is 0. The predicted octanol–water partition coefficient (Wildman–Crippen LogP) is 3.90. The monoisotopic (exact) mass is 268 g/mol. The van der Waals surface area contributed by atoms with E-state index in [-0.39, 0.29) is 12.2 Å². The minimum Gasteiger partial charge on any atom is -0.491 e. The van der Waals surface area contributed by atoms with E-state index in [1.54, 1.807) is 11.8 Å². The van der Waals surface area contributed by atoms with Crippen molar-refractivity contribution in [1.82, 2.24) is 0 Å². The number of ether oxygens (including phenoxy) is 1. The van der Waals surface area contributed by atoms with Crippen LogP contribution in [0.5, 0.6) is 5.75 Å². The zero-order valence-electron chi connectivity index (χ0n) is 11.7. The van der Waals surface area contributed by atoms with Crippen molar-refractivity contribution >= 4 is 11.8 Å². The molecule has 0 amide bonds. The molecular weight excluding hydrogens is 244 g/mol. The van der Waals surface area contributed by atoms with E-state index in [0.29, 0.717) is 5.92 Å². The van der Waals surface area contributed by atoms with Gasteiger partial charge in [0.1, 0.15) is 5.75 Å². The molecule has 102 valence electrons. The van der Waals surface area contributed by atoms with Gasteiger partial charge in [-0.2, -0.15) is 11.8 Å². The fourth-order valence-corrected chi connectivity index (χ4v) is 2.58. The summed E-state index contributed by atoms with van der Waals surface area (Å²) >= 11 is 1.80. The first-order valence-corrected chi connectivity index (χ1v) is 7.67. The smallest absolute Gasteiger partial charge is 0.119 e. The topological polar surface area (TPSA) is 29.5 Å². The van der Waals surface area contributed by atoms with Crippen LogP contribution in [0.4, 0.5) is 0 Å². The quantitative estimate of drug-likeness (QED) is 0.813. The van der Waals surface area contributed by atoms with Crippen molar-refractivity contribution in [2.45, 2.75) is 39.9 Å². The number of hydrogen-bond acceptors (Lipinski definition) is 3. The molecule has 1 rings (SSSR count). The predicted molar refractivity (Wildman–Crippen MR) is 79.3 cm³/mol. The molecule has 0 aliphatic rings. The summed E-state index contributed by atoms with van der Waals surface area (Å²) in [5.74, 6) is 3.37. The largest absolute Gasteiger partial charge is 0.491 e. The van der Waals surface area contributed by atoms with Crippen molar-refractivity contribution in [2.24, 2.45) is 5.92 Å². The van der Waals surface area contributed by atoms with E-state index in [9.17, 15) is 5.11 Å². The van der Waals surface area contributed by atoms with Gasteiger partial charge in [-0.1, -0.05) is 26.0 Å². The van der Waals surface area contributed by atoms with E-state index in [1.165, 1.54) is 0 Å². The molecule has 1 unspecified atom stereocenters. The molecule has 1 atom stereocenters. The highest BCUT2D eigenvalue weighted by Crippen LogP contribution is 2.22. The van der Waals surface area contributed by atoms with Crippen molar-refractivity contribution in [3.63, 3.8) is 0 Å². The van der Waals surface area contributed by atoms with Crippen LogP contribution >= 0.6 is 11.8 Å². The van der Waals surface area contributed by atoms with Gasteiger partial charge in [-0.15, -0.1) is 0 Å².